The van der Waals surface area contributed by atoms with Gasteiger partial charge >= 0.3 is 0 Å². The second-order valence-corrected chi connectivity index (χ2v) is 5.55. The monoisotopic (exact) mass is 229 g/mol. The Hall–Kier alpha value is -0.410. The lowest BCUT2D eigenvalue weighted by Gasteiger charge is -2.27. The normalized spacial score (nSPS) is 12.5. The lowest BCUT2D eigenvalue weighted by Crippen LogP contribution is -2.36. The number of carbonyl (C=O) groups is 1. The molecule has 0 spiro atoms. The van der Waals surface area contributed by atoms with Crippen LogP contribution in [0.5, 0.6) is 0 Å². The Morgan fingerprint density at radius 3 is 2.19 bits per heavy atom. The van der Waals surface area contributed by atoms with Crippen molar-refractivity contribution in [3.8, 4) is 0 Å². The number of carbonyl (C=O) groups excluding carboxylic acids is 1. The van der Waals surface area contributed by atoms with Crippen LogP contribution in [0.15, 0.2) is 0 Å². The fraction of sp³-hybridized carbons (Fsp3) is 0.923. The number of nitrogens with zero attached hydrogens (tertiary/aromatic N) is 1. The van der Waals surface area contributed by atoms with Crippen molar-refractivity contribution in [1.82, 2.24) is 4.90 Å². The van der Waals surface area contributed by atoms with E-state index in [0.29, 0.717) is 18.2 Å². The second-order valence-electron chi connectivity index (χ2n) is 5.55. The van der Waals surface area contributed by atoms with Gasteiger partial charge in [-0.3, -0.25) is 9.69 Å². The highest BCUT2D eigenvalue weighted by atomic mass is 16.5. The second kappa shape index (κ2) is 7.02. The zero-order valence-corrected chi connectivity index (χ0v) is 11.7. The number of hydrogen-bond acceptors (Lipinski definition) is 3. The first kappa shape index (κ1) is 15.6. The Labute approximate surface area is 100 Å². The first-order valence-corrected chi connectivity index (χ1v) is 6.05. The van der Waals surface area contributed by atoms with Crippen LogP contribution in [0.4, 0.5) is 0 Å². The van der Waals surface area contributed by atoms with Gasteiger partial charge in [0.05, 0.1) is 6.61 Å². The van der Waals surface area contributed by atoms with Crippen LogP contribution in [0.3, 0.4) is 0 Å². The van der Waals surface area contributed by atoms with Gasteiger partial charge in [-0.05, 0) is 13.8 Å². The standard InChI is InChI=1S/C13H27NO2/c1-11(2)14(9-10-16-6)8-7-12(15)13(3,4)5/h11H,7-10H2,1-6H3. The van der Waals surface area contributed by atoms with Gasteiger partial charge in [-0.2, -0.15) is 0 Å². The Balaban J connectivity index is 4.07. The van der Waals surface area contributed by atoms with E-state index in [1.54, 1.807) is 7.11 Å². The first-order chi connectivity index (χ1) is 7.29. The summed E-state index contributed by atoms with van der Waals surface area (Å²) in [4.78, 5) is 14.1. The summed E-state index contributed by atoms with van der Waals surface area (Å²) in [5.41, 5.74) is -0.218. The number of rotatable bonds is 7. The van der Waals surface area contributed by atoms with Crippen molar-refractivity contribution < 1.29 is 9.53 Å². The highest BCUT2D eigenvalue weighted by molar-refractivity contribution is 5.83. The Bertz CT molecular complexity index is 206. The maximum absolute atomic E-state index is 11.8. The lowest BCUT2D eigenvalue weighted by atomic mass is 9.89. The van der Waals surface area contributed by atoms with Crippen LogP contribution in [-0.2, 0) is 9.53 Å². The van der Waals surface area contributed by atoms with Crippen molar-refractivity contribution in [2.24, 2.45) is 5.41 Å². The lowest BCUT2D eigenvalue weighted by molar-refractivity contribution is -0.126. The number of hydrogen-bond donors (Lipinski definition) is 0. The van der Waals surface area contributed by atoms with Crippen LogP contribution in [0, 0.1) is 5.41 Å². The van der Waals surface area contributed by atoms with Gasteiger partial charge in [-0.25, -0.2) is 0 Å². The molecule has 0 aromatic rings. The van der Waals surface area contributed by atoms with Crippen LogP contribution in [0.2, 0.25) is 0 Å². The number of Topliss-reactive ketones (excluding diaryl/α,β-unsaturated/α-hetero) is 1. The minimum atomic E-state index is -0.218. The summed E-state index contributed by atoms with van der Waals surface area (Å²) >= 11 is 0. The Morgan fingerprint density at radius 2 is 1.81 bits per heavy atom. The summed E-state index contributed by atoms with van der Waals surface area (Å²) in [5.74, 6) is 0.329. The highest BCUT2D eigenvalue weighted by Crippen LogP contribution is 2.17. The summed E-state index contributed by atoms with van der Waals surface area (Å²) in [6, 6.07) is 0.461. The number of ketones is 1. The largest absolute Gasteiger partial charge is 0.383 e. The Kier molecular flexibility index (Phi) is 6.84. The molecule has 3 heteroatoms. The molecule has 0 aromatic carbocycles. The van der Waals surface area contributed by atoms with E-state index < -0.39 is 0 Å². The van der Waals surface area contributed by atoms with Gasteiger partial charge in [0.2, 0.25) is 0 Å². The zero-order chi connectivity index (χ0) is 12.8. The summed E-state index contributed by atoms with van der Waals surface area (Å²) in [5, 5.41) is 0. The molecule has 3 nitrogen and oxygen atoms in total. The predicted octanol–water partition coefficient (Wildman–Crippen LogP) is 2.35. The molecule has 0 amide bonds. The molecule has 0 radical (unpaired) electrons. The van der Waals surface area contributed by atoms with Gasteiger partial charge < -0.3 is 4.74 Å². The van der Waals surface area contributed by atoms with Gasteiger partial charge in [0.1, 0.15) is 5.78 Å². The molecule has 0 saturated heterocycles. The molecule has 0 N–H and O–H groups in total. The van der Waals surface area contributed by atoms with Crippen LogP contribution < -0.4 is 0 Å². The number of methoxy groups -OCH3 is 1. The van der Waals surface area contributed by atoms with E-state index in [-0.39, 0.29) is 5.41 Å². The molecule has 0 bridgehead atoms. The van der Waals surface area contributed by atoms with E-state index >= 15 is 0 Å². The van der Waals surface area contributed by atoms with Crippen LogP contribution >= 0.6 is 0 Å². The molecule has 16 heavy (non-hydrogen) atoms. The van der Waals surface area contributed by atoms with E-state index in [0.717, 1.165) is 19.7 Å². The maximum Gasteiger partial charge on any atom is 0.139 e. The van der Waals surface area contributed by atoms with Crippen LogP contribution in [0.1, 0.15) is 41.0 Å². The summed E-state index contributed by atoms with van der Waals surface area (Å²) in [6.07, 6.45) is 0.630. The predicted molar refractivity (Wildman–Crippen MR) is 67.7 cm³/mol. The van der Waals surface area contributed by atoms with E-state index in [4.69, 9.17) is 4.74 Å². The highest BCUT2D eigenvalue weighted by Gasteiger charge is 2.21. The fourth-order valence-electron chi connectivity index (χ4n) is 1.46. The third kappa shape index (κ3) is 6.23. The molecular formula is C13H27NO2. The number of ether oxygens (including phenoxy) is 1. The molecule has 0 saturated carbocycles. The molecule has 0 unspecified atom stereocenters. The van der Waals surface area contributed by atoms with Crippen molar-refractivity contribution >= 4 is 5.78 Å². The van der Waals surface area contributed by atoms with Crippen LogP contribution in [-0.4, -0.2) is 43.5 Å². The van der Waals surface area contributed by atoms with Gasteiger partial charge in [-0.15, -0.1) is 0 Å². The van der Waals surface area contributed by atoms with Gasteiger partial charge in [0.25, 0.3) is 0 Å². The fourth-order valence-corrected chi connectivity index (χ4v) is 1.46. The first-order valence-electron chi connectivity index (χ1n) is 6.05. The van der Waals surface area contributed by atoms with E-state index in [2.05, 4.69) is 18.7 Å². The molecule has 0 aliphatic heterocycles. The topological polar surface area (TPSA) is 29.5 Å². The quantitative estimate of drug-likeness (QED) is 0.671. The van der Waals surface area contributed by atoms with Gasteiger partial charge in [0, 0.05) is 38.1 Å². The van der Waals surface area contributed by atoms with Crippen molar-refractivity contribution in [3.05, 3.63) is 0 Å². The SMILES string of the molecule is COCCN(CCC(=O)C(C)(C)C)C(C)C. The average molecular weight is 229 g/mol. The molecule has 0 aliphatic carbocycles. The molecule has 96 valence electrons. The Morgan fingerprint density at radius 1 is 1.25 bits per heavy atom. The third-order valence-electron chi connectivity index (χ3n) is 2.78. The van der Waals surface area contributed by atoms with Gasteiger partial charge in [0.15, 0.2) is 0 Å². The molecule has 0 fully saturated rings. The molecule has 0 aliphatic rings. The molecule has 0 heterocycles. The summed E-state index contributed by atoms with van der Waals surface area (Å²) in [7, 11) is 1.71. The smallest absolute Gasteiger partial charge is 0.139 e. The molecule has 0 rings (SSSR count). The third-order valence-corrected chi connectivity index (χ3v) is 2.78. The van der Waals surface area contributed by atoms with Crippen LogP contribution in [0.25, 0.3) is 0 Å². The summed E-state index contributed by atoms with van der Waals surface area (Å²) < 4.78 is 5.07. The minimum absolute atomic E-state index is 0.218. The van der Waals surface area contributed by atoms with Crippen molar-refractivity contribution in [3.63, 3.8) is 0 Å². The van der Waals surface area contributed by atoms with Crippen molar-refractivity contribution in [1.29, 1.82) is 0 Å². The molecule has 0 aromatic heterocycles. The molecule has 0 atom stereocenters. The maximum atomic E-state index is 11.8. The molecular weight excluding hydrogens is 202 g/mol. The van der Waals surface area contributed by atoms with E-state index in [1.165, 1.54) is 0 Å². The zero-order valence-electron chi connectivity index (χ0n) is 11.7. The van der Waals surface area contributed by atoms with Crippen molar-refractivity contribution in [2.45, 2.75) is 47.1 Å². The van der Waals surface area contributed by atoms with Gasteiger partial charge in [-0.1, -0.05) is 20.8 Å². The summed E-state index contributed by atoms with van der Waals surface area (Å²) in [6.45, 7) is 12.7. The van der Waals surface area contributed by atoms with E-state index in [1.807, 2.05) is 20.8 Å². The minimum Gasteiger partial charge on any atom is -0.383 e. The average Bonchev–Trinajstić information content (AvgIpc) is 2.15. The van der Waals surface area contributed by atoms with Crippen molar-refractivity contribution in [2.75, 3.05) is 26.8 Å². The van der Waals surface area contributed by atoms with E-state index in [9.17, 15) is 4.79 Å².